The van der Waals surface area contributed by atoms with Crippen molar-refractivity contribution in [1.29, 1.82) is 0 Å². The minimum absolute atomic E-state index is 0.215. The molecule has 4 rings (SSSR count). The molecule has 2 fully saturated rings. The second-order valence-electron chi connectivity index (χ2n) is 7.96. The van der Waals surface area contributed by atoms with E-state index in [0.717, 1.165) is 30.2 Å². The van der Waals surface area contributed by atoms with Crippen molar-refractivity contribution >= 4 is 17.2 Å². The molecule has 3 heteroatoms. The number of carbonyl (C=O) groups is 1. The average molecular weight is 368 g/mol. The van der Waals surface area contributed by atoms with Crippen LogP contribution < -0.4 is 0 Å². The first-order valence-corrected chi connectivity index (χ1v) is 11.0. The van der Waals surface area contributed by atoms with Crippen molar-refractivity contribution in [2.75, 3.05) is 6.54 Å². The minimum atomic E-state index is 0.215. The molecule has 1 aromatic carbocycles. The van der Waals surface area contributed by atoms with Gasteiger partial charge in [-0.3, -0.25) is 4.79 Å². The highest BCUT2D eigenvalue weighted by Gasteiger charge is 2.25. The summed E-state index contributed by atoms with van der Waals surface area (Å²) in [5, 5.41) is 0. The Morgan fingerprint density at radius 3 is 2.38 bits per heavy atom. The molecule has 1 saturated carbocycles. The smallest absolute Gasteiger partial charge is 0.264 e. The first-order chi connectivity index (χ1) is 12.7. The van der Waals surface area contributed by atoms with Crippen LogP contribution >= 0.6 is 11.3 Å². The van der Waals surface area contributed by atoms with Crippen LogP contribution in [0.4, 0.5) is 0 Å². The van der Waals surface area contributed by atoms with Gasteiger partial charge in [-0.2, -0.15) is 0 Å². The van der Waals surface area contributed by atoms with E-state index in [0.29, 0.717) is 6.04 Å². The van der Waals surface area contributed by atoms with Crippen LogP contribution in [0.2, 0.25) is 0 Å². The Bertz CT molecular complexity index is 742. The van der Waals surface area contributed by atoms with E-state index in [1.165, 1.54) is 54.5 Å². The van der Waals surface area contributed by atoms with Crippen LogP contribution in [0.1, 0.15) is 79.4 Å². The topological polar surface area (TPSA) is 20.3 Å². The number of nitrogens with zero attached hydrogens (tertiary/aromatic N) is 1. The summed E-state index contributed by atoms with van der Waals surface area (Å²) in [4.78, 5) is 17.0. The monoisotopic (exact) mass is 367 g/mol. The normalized spacial score (nSPS) is 21.7. The van der Waals surface area contributed by atoms with E-state index >= 15 is 0 Å². The van der Waals surface area contributed by atoms with Gasteiger partial charge in [0, 0.05) is 17.5 Å². The maximum atomic E-state index is 12.9. The predicted octanol–water partition coefficient (Wildman–Crippen LogP) is 6.48. The van der Waals surface area contributed by atoms with Crippen molar-refractivity contribution in [1.82, 2.24) is 4.90 Å². The molecule has 0 spiro atoms. The zero-order valence-electron chi connectivity index (χ0n) is 15.7. The molecule has 2 nitrogen and oxygen atoms in total. The highest BCUT2D eigenvalue weighted by Crippen LogP contribution is 2.35. The van der Waals surface area contributed by atoms with E-state index in [2.05, 4.69) is 42.2 Å². The van der Waals surface area contributed by atoms with Gasteiger partial charge in [0.15, 0.2) is 0 Å². The fourth-order valence-electron chi connectivity index (χ4n) is 4.50. The molecule has 2 aromatic rings. The molecule has 1 aromatic heterocycles. The summed E-state index contributed by atoms with van der Waals surface area (Å²) in [6, 6.07) is 13.6. The molecule has 2 aliphatic rings. The van der Waals surface area contributed by atoms with Crippen molar-refractivity contribution in [3.8, 4) is 10.4 Å². The molecule has 1 unspecified atom stereocenters. The molecule has 0 N–H and O–H groups in total. The molecule has 1 aliphatic carbocycles. The molecule has 138 valence electrons. The highest BCUT2D eigenvalue weighted by molar-refractivity contribution is 7.17. The second kappa shape index (κ2) is 7.96. The lowest BCUT2D eigenvalue weighted by Crippen LogP contribution is -2.41. The number of amides is 1. The van der Waals surface area contributed by atoms with E-state index in [9.17, 15) is 4.79 Å². The number of hydrogen-bond acceptors (Lipinski definition) is 2. The first-order valence-electron chi connectivity index (χ1n) is 10.2. The van der Waals surface area contributed by atoms with Crippen LogP contribution in [-0.2, 0) is 0 Å². The Morgan fingerprint density at radius 2 is 1.65 bits per heavy atom. The van der Waals surface area contributed by atoms with E-state index in [4.69, 9.17) is 0 Å². The van der Waals surface area contributed by atoms with Gasteiger partial charge >= 0.3 is 0 Å². The fourth-order valence-corrected chi connectivity index (χ4v) is 5.47. The summed E-state index contributed by atoms with van der Waals surface area (Å²) < 4.78 is 0. The van der Waals surface area contributed by atoms with Crippen LogP contribution in [-0.4, -0.2) is 23.4 Å². The van der Waals surface area contributed by atoms with Crippen molar-refractivity contribution in [2.45, 2.75) is 70.3 Å². The van der Waals surface area contributed by atoms with Crippen molar-refractivity contribution in [2.24, 2.45) is 0 Å². The Balaban J connectivity index is 1.48. The van der Waals surface area contributed by atoms with Crippen LogP contribution in [0.15, 0.2) is 36.4 Å². The third-order valence-corrected chi connectivity index (χ3v) is 7.27. The van der Waals surface area contributed by atoms with Gasteiger partial charge in [0.2, 0.25) is 0 Å². The molecule has 2 heterocycles. The Morgan fingerprint density at radius 1 is 0.923 bits per heavy atom. The number of benzene rings is 1. The molecule has 1 aliphatic heterocycles. The van der Waals surface area contributed by atoms with Crippen LogP contribution in [0.25, 0.3) is 10.4 Å². The number of likely N-dealkylation sites (tertiary alicyclic amines) is 1. The van der Waals surface area contributed by atoms with Gasteiger partial charge in [0.05, 0.1) is 4.88 Å². The number of piperidine rings is 1. The SMILES string of the molecule is CC1CCCCN1C(=O)c1ccc(-c2ccc(C3CCCCC3)cc2)s1. The average Bonchev–Trinajstić information content (AvgIpc) is 3.19. The summed E-state index contributed by atoms with van der Waals surface area (Å²) in [7, 11) is 0. The van der Waals surface area contributed by atoms with Gasteiger partial charge < -0.3 is 4.90 Å². The standard InChI is InChI=1S/C23H29NOS/c1-17-7-5-6-16-24(17)23(25)22-15-14-21(26-22)20-12-10-19(11-13-20)18-8-3-2-4-9-18/h10-15,17-18H,2-9,16H2,1H3. The minimum Gasteiger partial charge on any atom is -0.335 e. The summed E-state index contributed by atoms with van der Waals surface area (Å²) in [5.41, 5.74) is 2.73. The van der Waals surface area contributed by atoms with Gasteiger partial charge in [0.25, 0.3) is 5.91 Å². The second-order valence-corrected chi connectivity index (χ2v) is 9.05. The van der Waals surface area contributed by atoms with Crippen LogP contribution in [0, 0.1) is 0 Å². The third kappa shape index (κ3) is 3.73. The van der Waals surface area contributed by atoms with Crippen LogP contribution in [0.3, 0.4) is 0 Å². The maximum Gasteiger partial charge on any atom is 0.264 e. The number of hydrogen-bond donors (Lipinski definition) is 0. The fraction of sp³-hybridized carbons (Fsp3) is 0.522. The van der Waals surface area contributed by atoms with E-state index in [1.807, 2.05) is 6.07 Å². The van der Waals surface area contributed by atoms with Gasteiger partial charge in [0.1, 0.15) is 0 Å². The molecular weight excluding hydrogens is 338 g/mol. The summed E-state index contributed by atoms with van der Waals surface area (Å²) in [6.07, 6.45) is 10.3. The van der Waals surface area contributed by atoms with E-state index in [-0.39, 0.29) is 5.91 Å². The van der Waals surface area contributed by atoms with Crippen molar-refractivity contribution in [3.05, 3.63) is 46.8 Å². The summed E-state index contributed by atoms with van der Waals surface area (Å²) in [6.45, 7) is 3.08. The van der Waals surface area contributed by atoms with Gasteiger partial charge in [-0.05, 0) is 68.2 Å². The molecule has 0 radical (unpaired) electrons. The first kappa shape index (κ1) is 17.8. The Labute approximate surface area is 161 Å². The molecular formula is C23H29NOS. The number of carbonyl (C=O) groups excluding carboxylic acids is 1. The van der Waals surface area contributed by atoms with Gasteiger partial charge in [-0.15, -0.1) is 11.3 Å². The maximum absolute atomic E-state index is 12.9. The number of rotatable bonds is 3. The molecule has 1 saturated heterocycles. The van der Waals surface area contributed by atoms with Crippen molar-refractivity contribution in [3.63, 3.8) is 0 Å². The van der Waals surface area contributed by atoms with E-state index in [1.54, 1.807) is 11.3 Å². The quantitative estimate of drug-likeness (QED) is 0.608. The van der Waals surface area contributed by atoms with Gasteiger partial charge in [-0.1, -0.05) is 43.5 Å². The molecule has 0 bridgehead atoms. The zero-order valence-corrected chi connectivity index (χ0v) is 16.6. The molecule has 1 atom stereocenters. The lowest BCUT2D eigenvalue weighted by molar-refractivity contribution is 0.0640. The third-order valence-electron chi connectivity index (χ3n) is 6.15. The Kier molecular flexibility index (Phi) is 5.44. The van der Waals surface area contributed by atoms with Crippen LogP contribution in [0.5, 0.6) is 0 Å². The predicted molar refractivity (Wildman–Crippen MR) is 110 cm³/mol. The van der Waals surface area contributed by atoms with Crippen molar-refractivity contribution < 1.29 is 4.79 Å². The lowest BCUT2D eigenvalue weighted by atomic mass is 9.84. The molecule has 26 heavy (non-hydrogen) atoms. The van der Waals surface area contributed by atoms with E-state index < -0.39 is 0 Å². The Hall–Kier alpha value is -1.61. The highest BCUT2D eigenvalue weighted by atomic mass is 32.1. The molecule has 1 amide bonds. The lowest BCUT2D eigenvalue weighted by Gasteiger charge is -2.33. The van der Waals surface area contributed by atoms with Gasteiger partial charge in [-0.25, -0.2) is 0 Å². The largest absolute Gasteiger partial charge is 0.335 e. The summed E-state index contributed by atoms with van der Waals surface area (Å²) >= 11 is 1.64. The number of thiophene rings is 1. The summed E-state index contributed by atoms with van der Waals surface area (Å²) in [5.74, 6) is 0.964. The zero-order chi connectivity index (χ0) is 17.9.